The molecule has 1 aliphatic heterocycles. The van der Waals surface area contributed by atoms with Crippen LogP contribution in [0.4, 0.5) is 0 Å². The van der Waals surface area contributed by atoms with Gasteiger partial charge >= 0.3 is 0 Å². The van der Waals surface area contributed by atoms with Crippen LogP contribution in [0.2, 0.25) is 10.0 Å². The van der Waals surface area contributed by atoms with Crippen molar-refractivity contribution < 1.29 is 19.2 Å². The number of nitrogens with one attached hydrogen (secondary N) is 1. The van der Waals surface area contributed by atoms with E-state index in [1.54, 1.807) is 42.5 Å². The van der Waals surface area contributed by atoms with Crippen LogP contribution in [-0.2, 0) is 16.1 Å². The normalized spacial score (nSPS) is 16.3. The topological polar surface area (TPSA) is 86.8 Å². The Kier molecular flexibility index (Phi) is 9.44. The quantitative estimate of drug-likeness (QED) is 0.383. The number of benzene rings is 2. The standard InChI is InChI=1S/C29H33Cl2N3O4/c1-2-25(27(36)32-19-10-4-3-5-11-19)34(18-22-23(30)14-8-15-24(22)31)26(35)16-9-17-33-28(37)20-12-6-7-13-21(20)29(33)38/h6-8,12-15,19,25H,2-5,9-11,16-18H2,1H3,(H,32,36). The van der Waals surface area contributed by atoms with Gasteiger partial charge in [0.05, 0.1) is 11.1 Å². The number of imide groups is 1. The van der Waals surface area contributed by atoms with Gasteiger partial charge in [0.15, 0.2) is 0 Å². The number of hydrogen-bond donors (Lipinski definition) is 1. The molecule has 1 heterocycles. The second kappa shape index (κ2) is 12.8. The number of nitrogens with zero attached hydrogens (tertiary/aromatic N) is 2. The molecule has 0 aromatic heterocycles. The van der Waals surface area contributed by atoms with Gasteiger partial charge in [-0.1, -0.05) is 67.6 Å². The highest BCUT2D eigenvalue weighted by Crippen LogP contribution is 2.28. The van der Waals surface area contributed by atoms with Gasteiger partial charge in [-0.25, -0.2) is 0 Å². The first kappa shape index (κ1) is 28.1. The van der Waals surface area contributed by atoms with E-state index in [0.29, 0.717) is 33.2 Å². The smallest absolute Gasteiger partial charge is 0.261 e. The average molecular weight is 559 g/mol. The molecule has 9 heteroatoms. The molecule has 7 nitrogen and oxygen atoms in total. The fraction of sp³-hybridized carbons (Fsp3) is 0.448. The van der Waals surface area contributed by atoms with Gasteiger partial charge in [0.1, 0.15) is 6.04 Å². The van der Waals surface area contributed by atoms with Crippen LogP contribution in [-0.4, -0.2) is 52.1 Å². The number of fused-ring (bicyclic) bond motifs is 1. The first-order valence-corrected chi connectivity index (χ1v) is 14.0. The Morgan fingerprint density at radius 3 is 2.16 bits per heavy atom. The van der Waals surface area contributed by atoms with Gasteiger partial charge in [-0.05, 0) is 49.9 Å². The third-order valence-electron chi connectivity index (χ3n) is 7.38. The first-order chi connectivity index (χ1) is 18.3. The zero-order valence-electron chi connectivity index (χ0n) is 21.6. The van der Waals surface area contributed by atoms with Crippen molar-refractivity contribution in [3.05, 3.63) is 69.2 Å². The SMILES string of the molecule is CCC(C(=O)NC1CCCCC1)N(Cc1c(Cl)cccc1Cl)C(=O)CCCN1C(=O)c2ccccc2C1=O. The van der Waals surface area contributed by atoms with Crippen LogP contribution >= 0.6 is 23.2 Å². The van der Waals surface area contributed by atoms with E-state index in [-0.39, 0.29) is 55.6 Å². The molecule has 2 aliphatic rings. The van der Waals surface area contributed by atoms with Crippen molar-refractivity contribution in [1.82, 2.24) is 15.1 Å². The molecule has 2 aromatic rings. The van der Waals surface area contributed by atoms with Crippen LogP contribution in [0.25, 0.3) is 0 Å². The number of carbonyl (C=O) groups excluding carboxylic acids is 4. The van der Waals surface area contributed by atoms with Crippen molar-refractivity contribution in [3.8, 4) is 0 Å². The van der Waals surface area contributed by atoms with Crippen LogP contribution in [0.1, 0.15) is 84.6 Å². The molecule has 1 unspecified atom stereocenters. The van der Waals surface area contributed by atoms with E-state index in [2.05, 4.69) is 5.32 Å². The summed E-state index contributed by atoms with van der Waals surface area (Å²) in [6.45, 7) is 2.07. The lowest BCUT2D eigenvalue weighted by atomic mass is 9.95. The molecule has 0 bridgehead atoms. The summed E-state index contributed by atoms with van der Waals surface area (Å²) in [5.41, 5.74) is 1.34. The molecule has 1 N–H and O–H groups in total. The lowest BCUT2D eigenvalue weighted by Crippen LogP contribution is -2.51. The molecule has 0 spiro atoms. The Balaban J connectivity index is 1.47. The molecule has 4 rings (SSSR count). The van der Waals surface area contributed by atoms with Gasteiger partial charge in [-0.3, -0.25) is 24.1 Å². The maximum absolute atomic E-state index is 13.6. The van der Waals surface area contributed by atoms with E-state index in [0.717, 1.165) is 25.7 Å². The number of rotatable bonds is 10. The molecule has 38 heavy (non-hydrogen) atoms. The second-order valence-electron chi connectivity index (χ2n) is 9.90. The molecule has 1 fully saturated rings. The zero-order chi connectivity index (χ0) is 27.2. The first-order valence-electron chi connectivity index (χ1n) is 13.3. The van der Waals surface area contributed by atoms with Crippen molar-refractivity contribution in [3.63, 3.8) is 0 Å². The molecule has 1 saturated carbocycles. The summed E-state index contributed by atoms with van der Waals surface area (Å²) in [6, 6.07) is 11.3. The third kappa shape index (κ3) is 6.21. The lowest BCUT2D eigenvalue weighted by Gasteiger charge is -2.33. The molecule has 0 saturated heterocycles. The van der Waals surface area contributed by atoms with Gasteiger partial charge in [0.25, 0.3) is 11.8 Å². The second-order valence-corrected chi connectivity index (χ2v) is 10.7. The highest BCUT2D eigenvalue weighted by molar-refractivity contribution is 6.36. The number of hydrogen-bond acceptors (Lipinski definition) is 4. The van der Waals surface area contributed by atoms with E-state index in [1.807, 2.05) is 6.92 Å². The Bertz CT molecular complexity index is 1160. The summed E-state index contributed by atoms with van der Waals surface area (Å²) >= 11 is 12.8. The highest BCUT2D eigenvalue weighted by atomic mass is 35.5. The molecule has 1 atom stereocenters. The zero-order valence-corrected chi connectivity index (χ0v) is 23.1. The molecule has 1 aliphatic carbocycles. The summed E-state index contributed by atoms with van der Waals surface area (Å²) in [4.78, 5) is 55.1. The van der Waals surface area contributed by atoms with Crippen molar-refractivity contribution >= 4 is 46.8 Å². The van der Waals surface area contributed by atoms with Crippen LogP contribution in [0, 0.1) is 0 Å². The monoisotopic (exact) mass is 557 g/mol. The summed E-state index contributed by atoms with van der Waals surface area (Å²) in [7, 11) is 0. The van der Waals surface area contributed by atoms with E-state index < -0.39 is 6.04 Å². The Hall–Kier alpha value is -2.90. The van der Waals surface area contributed by atoms with Crippen LogP contribution in [0.15, 0.2) is 42.5 Å². The predicted octanol–water partition coefficient (Wildman–Crippen LogP) is 5.63. The minimum atomic E-state index is -0.698. The number of halogens is 2. The lowest BCUT2D eigenvalue weighted by molar-refractivity contribution is -0.141. The average Bonchev–Trinajstić information content (AvgIpc) is 3.15. The summed E-state index contributed by atoms with van der Waals surface area (Å²) in [6.07, 6.45) is 5.96. The van der Waals surface area contributed by atoms with Gasteiger partial charge in [-0.15, -0.1) is 0 Å². The fourth-order valence-corrected chi connectivity index (χ4v) is 5.81. The van der Waals surface area contributed by atoms with Crippen LogP contribution in [0.5, 0.6) is 0 Å². The van der Waals surface area contributed by atoms with Crippen molar-refractivity contribution in [2.45, 2.75) is 76.9 Å². The maximum Gasteiger partial charge on any atom is 0.261 e. The Labute approximate surface area is 233 Å². The van der Waals surface area contributed by atoms with Gasteiger partial charge in [0, 0.05) is 41.2 Å². The molecule has 2 aromatic carbocycles. The largest absolute Gasteiger partial charge is 0.352 e. The van der Waals surface area contributed by atoms with Crippen LogP contribution in [0.3, 0.4) is 0 Å². The molecule has 0 radical (unpaired) electrons. The molecule has 4 amide bonds. The van der Waals surface area contributed by atoms with Crippen molar-refractivity contribution in [1.29, 1.82) is 0 Å². The molecule has 202 valence electrons. The molecular formula is C29H33Cl2N3O4. The summed E-state index contributed by atoms with van der Waals surface area (Å²) in [5, 5.41) is 3.99. The van der Waals surface area contributed by atoms with Crippen molar-refractivity contribution in [2.24, 2.45) is 0 Å². The van der Waals surface area contributed by atoms with Crippen LogP contribution < -0.4 is 5.32 Å². The fourth-order valence-electron chi connectivity index (χ4n) is 5.29. The Morgan fingerprint density at radius 2 is 1.58 bits per heavy atom. The summed E-state index contributed by atoms with van der Waals surface area (Å²) in [5.74, 6) is -1.15. The van der Waals surface area contributed by atoms with E-state index in [9.17, 15) is 19.2 Å². The number of amides is 4. The Morgan fingerprint density at radius 1 is 0.974 bits per heavy atom. The summed E-state index contributed by atoms with van der Waals surface area (Å²) < 4.78 is 0. The highest BCUT2D eigenvalue weighted by Gasteiger charge is 2.35. The van der Waals surface area contributed by atoms with Gasteiger partial charge < -0.3 is 10.2 Å². The van der Waals surface area contributed by atoms with E-state index in [4.69, 9.17) is 23.2 Å². The third-order valence-corrected chi connectivity index (χ3v) is 8.09. The van der Waals surface area contributed by atoms with E-state index in [1.165, 1.54) is 16.2 Å². The minimum Gasteiger partial charge on any atom is -0.352 e. The predicted molar refractivity (Wildman–Crippen MR) is 147 cm³/mol. The van der Waals surface area contributed by atoms with E-state index >= 15 is 0 Å². The van der Waals surface area contributed by atoms with Crippen molar-refractivity contribution in [2.75, 3.05) is 6.54 Å². The maximum atomic E-state index is 13.6. The van der Waals surface area contributed by atoms with Gasteiger partial charge in [-0.2, -0.15) is 0 Å². The number of carbonyl (C=O) groups is 4. The van der Waals surface area contributed by atoms with Gasteiger partial charge in [0.2, 0.25) is 11.8 Å². The minimum absolute atomic E-state index is 0.0582. The molecular weight excluding hydrogens is 525 g/mol.